The van der Waals surface area contributed by atoms with Crippen molar-refractivity contribution in [3.05, 3.63) is 0 Å². The lowest BCUT2D eigenvalue weighted by Crippen LogP contribution is -2.56. The van der Waals surface area contributed by atoms with Crippen LogP contribution in [0.15, 0.2) is 0 Å². The lowest BCUT2D eigenvalue weighted by Gasteiger charge is -2.33. The predicted octanol–water partition coefficient (Wildman–Crippen LogP) is -0.287. The van der Waals surface area contributed by atoms with E-state index in [1.54, 1.807) is 6.92 Å². The van der Waals surface area contributed by atoms with Gasteiger partial charge in [-0.1, -0.05) is 13.8 Å². The lowest BCUT2D eigenvalue weighted by atomic mass is 10.3. The summed E-state index contributed by atoms with van der Waals surface area (Å²) in [6, 6.07) is 0. The standard InChI is InChI=1S/C10H20N2O4S/c1-3-5-12(8(13)7-11)10(15,17)9(14)16-6-4-2/h15,17H,3-7,11H2,1-2H3. The number of nitrogens with two attached hydrogens (primary N) is 1. The van der Waals surface area contributed by atoms with Gasteiger partial charge in [-0.15, -0.1) is 12.6 Å². The first kappa shape index (κ1) is 16.2. The monoisotopic (exact) mass is 264 g/mol. The van der Waals surface area contributed by atoms with E-state index in [9.17, 15) is 14.7 Å². The second-order valence-electron chi connectivity index (χ2n) is 3.52. The summed E-state index contributed by atoms with van der Waals surface area (Å²) in [4.78, 5) is 24.0. The van der Waals surface area contributed by atoms with Gasteiger partial charge in [0.2, 0.25) is 5.91 Å². The van der Waals surface area contributed by atoms with Crippen LogP contribution in [0.3, 0.4) is 0 Å². The van der Waals surface area contributed by atoms with Crippen LogP contribution in [-0.2, 0) is 14.3 Å². The zero-order chi connectivity index (χ0) is 13.5. The van der Waals surface area contributed by atoms with E-state index >= 15 is 0 Å². The van der Waals surface area contributed by atoms with E-state index in [1.807, 2.05) is 6.92 Å². The Morgan fingerprint density at radius 3 is 2.41 bits per heavy atom. The van der Waals surface area contributed by atoms with Crippen LogP contribution in [0.4, 0.5) is 0 Å². The topological polar surface area (TPSA) is 92.9 Å². The van der Waals surface area contributed by atoms with E-state index in [1.165, 1.54) is 0 Å². The minimum atomic E-state index is -2.26. The Morgan fingerprint density at radius 1 is 1.41 bits per heavy atom. The van der Waals surface area contributed by atoms with E-state index in [-0.39, 0.29) is 19.7 Å². The molecule has 0 saturated heterocycles. The molecule has 0 spiro atoms. The minimum Gasteiger partial charge on any atom is -0.461 e. The number of hydrogen-bond acceptors (Lipinski definition) is 6. The van der Waals surface area contributed by atoms with Gasteiger partial charge in [-0.3, -0.25) is 9.69 Å². The molecule has 0 aliphatic heterocycles. The molecule has 0 aliphatic carbocycles. The van der Waals surface area contributed by atoms with Crippen molar-refractivity contribution in [2.24, 2.45) is 5.73 Å². The number of amides is 1. The molecule has 0 saturated carbocycles. The van der Waals surface area contributed by atoms with E-state index in [4.69, 9.17) is 10.5 Å². The van der Waals surface area contributed by atoms with Gasteiger partial charge in [0.05, 0.1) is 13.2 Å². The number of carbonyl (C=O) groups is 2. The molecule has 0 bridgehead atoms. The van der Waals surface area contributed by atoms with Gasteiger partial charge in [0.15, 0.2) is 0 Å². The van der Waals surface area contributed by atoms with Gasteiger partial charge < -0.3 is 15.6 Å². The summed E-state index contributed by atoms with van der Waals surface area (Å²) < 4.78 is 4.78. The second-order valence-corrected chi connectivity index (χ2v) is 4.14. The Balaban J connectivity index is 4.80. The van der Waals surface area contributed by atoms with Crippen molar-refractivity contribution in [1.29, 1.82) is 0 Å². The zero-order valence-electron chi connectivity index (χ0n) is 10.2. The Labute approximate surface area is 107 Å². The zero-order valence-corrected chi connectivity index (χ0v) is 11.1. The summed E-state index contributed by atoms with van der Waals surface area (Å²) in [7, 11) is 0. The molecule has 0 aromatic carbocycles. The van der Waals surface area contributed by atoms with Crippen molar-refractivity contribution in [3.8, 4) is 0 Å². The number of thiol groups is 1. The maximum Gasteiger partial charge on any atom is 0.371 e. The molecule has 100 valence electrons. The van der Waals surface area contributed by atoms with Crippen molar-refractivity contribution >= 4 is 24.5 Å². The highest BCUT2D eigenvalue weighted by molar-refractivity contribution is 7.82. The quantitative estimate of drug-likeness (QED) is 0.334. The van der Waals surface area contributed by atoms with Crippen LogP contribution in [0.25, 0.3) is 0 Å². The summed E-state index contributed by atoms with van der Waals surface area (Å²) in [6.07, 6.45) is 1.18. The van der Waals surface area contributed by atoms with Gasteiger partial charge in [0.1, 0.15) is 0 Å². The Morgan fingerprint density at radius 2 is 2.00 bits per heavy atom. The SMILES string of the molecule is CCCOC(=O)C(O)(S)N(CCC)C(=O)CN. The molecule has 1 unspecified atom stereocenters. The maximum atomic E-state index is 11.6. The van der Waals surface area contributed by atoms with Crippen LogP contribution >= 0.6 is 12.6 Å². The van der Waals surface area contributed by atoms with Crippen LogP contribution in [0.1, 0.15) is 26.7 Å². The van der Waals surface area contributed by atoms with Crippen molar-refractivity contribution in [2.75, 3.05) is 19.7 Å². The average molecular weight is 264 g/mol. The lowest BCUT2D eigenvalue weighted by molar-refractivity contribution is -0.175. The second kappa shape index (κ2) is 7.52. The number of nitrogens with zero attached hydrogens (tertiary/aromatic N) is 1. The smallest absolute Gasteiger partial charge is 0.371 e. The third kappa shape index (κ3) is 4.53. The number of hydrogen-bond donors (Lipinski definition) is 3. The minimum absolute atomic E-state index is 0.165. The first-order chi connectivity index (χ1) is 7.91. The van der Waals surface area contributed by atoms with Gasteiger partial charge in [-0.2, -0.15) is 0 Å². The maximum absolute atomic E-state index is 11.6. The van der Waals surface area contributed by atoms with E-state index < -0.39 is 16.9 Å². The van der Waals surface area contributed by atoms with Gasteiger partial charge in [0.25, 0.3) is 5.06 Å². The molecule has 1 amide bonds. The third-order valence-electron chi connectivity index (χ3n) is 2.01. The fourth-order valence-corrected chi connectivity index (χ4v) is 1.47. The molecule has 1 atom stereocenters. The van der Waals surface area contributed by atoms with Crippen LogP contribution in [0, 0.1) is 0 Å². The number of aliphatic hydroxyl groups is 1. The Hall–Kier alpha value is -0.790. The average Bonchev–Trinajstić information content (AvgIpc) is 2.31. The highest BCUT2D eigenvalue weighted by atomic mass is 32.1. The molecular weight excluding hydrogens is 244 g/mol. The van der Waals surface area contributed by atoms with E-state index in [0.29, 0.717) is 12.8 Å². The molecule has 0 aromatic rings. The van der Waals surface area contributed by atoms with Crippen molar-refractivity contribution in [2.45, 2.75) is 31.7 Å². The van der Waals surface area contributed by atoms with Crippen molar-refractivity contribution in [1.82, 2.24) is 4.90 Å². The van der Waals surface area contributed by atoms with Crippen LogP contribution < -0.4 is 5.73 Å². The molecule has 0 heterocycles. The number of ether oxygens (including phenoxy) is 1. The molecule has 0 radical (unpaired) electrons. The summed E-state index contributed by atoms with van der Waals surface area (Å²) >= 11 is 3.81. The predicted molar refractivity (Wildman–Crippen MR) is 66.2 cm³/mol. The molecular formula is C10H20N2O4S. The highest BCUT2D eigenvalue weighted by Crippen LogP contribution is 2.19. The fourth-order valence-electron chi connectivity index (χ4n) is 1.19. The summed E-state index contributed by atoms with van der Waals surface area (Å²) in [6.45, 7) is 3.66. The number of rotatable bonds is 7. The van der Waals surface area contributed by atoms with Gasteiger partial charge in [-0.05, 0) is 12.8 Å². The highest BCUT2D eigenvalue weighted by Gasteiger charge is 2.42. The third-order valence-corrected chi connectivity index (χ3v) is 2.43. The van der Waals surface area contributed by atoms with E-state index in [0.717, 1.165) is 4.90 Å². The molecule has 7 heteroatoms. The Bertz CT molecular complexity index is 271. The molecule has 17 heavy (non-hydrogen) atoms. The molecule has 0 fully saturated rings. The Kier molecular flexibility index (Phi) is 7.17. The van der Waals surface area contributed by atoms with Crippen molar-refractivity contribution < 1.29 is 19.4 Å². The van der Waals surface area contributed by atoms with Crippen LogP contribution in [-0.4, -0.2) is 46.6 Å². The normalized spacial score (nSPS) is 13.9. The summed E-state index contributed by atoms with van der Waals surface area (Å²) in [5, 5.41) is 7.68. The first-order valence-electron chi connectivity index (χ1n) is 5.54. The van der Waals surface area contributed by atoms with Gasteiger partial charge in [-0.25, -0.2) is 4.79 Å². The molecule has 0 aromatic heterocycles. The van der Waals surface area contributed by atoms with Crippen LogP contribution in [0.2, 0.25) is 0 Å². The van der Waals surface area contributed by atoms with Gasteiger partial charge in [0, 0.05) is 6.54 Å². The summed E-state index contributed by atoms with van der Waals surface area (Å²) in [5.74, 6) is -1.52. The fraction of sp³-hybridized carbons (Fsp3) is 0.800. The molecule has 0 rings (SSSR count). The molecule has 3 N–H and O–H groups in total. The first-order valence-corrected chi connectivity index (χ1v) is 5.98. The molecule has 6 nitrogen and oxygen atoms in total. The van der Waals surface area contributed by atoms with Gasteiger partial charge >= 0.3 is 5.97 Å². The largest absolute Gasteiger partial charge is 0.461 e. The van der Waals surface area contributed by atoms with E-state index in [2.05, 4.69) is 12.6 Å². The summed E-state index contributed by atoms with van der Waals surface area (Å²) in [5.41, 5.74) is 5.21. The molecule has 0 aliphatic rings. The van der Waals surface area contributed by atoms with Crippen molar-refractivity contribution in [3.63, 3.8) is 0 Å². The number of esters is 1. The number of carbonyl (C=O) groups excluding carboxylic acids is 2. The van der Waals surface area contributed by atoms with Crippen LogP contribution in [0.5, 0.6) is 0 Å².